The summed E-state index contributed by atoms with van der Waals surface area (Å²) in [5.74, 6) is -0.347. The Balaban J connectivity index is 4.03. The van der Waals surface area contributed by atoms with Gasteiger partial charge in [0.15, 0.2) is 0 Å². The van der Waals surface area contributed by atoms with Crippen LogP contribution in [0, 0.1) is 5.41 Å². The molecular formula is C10H18N2O4. The van der Waals surface area contributed by atoms with E-state index in [4.69, 9.17) is 5.11 Å². The van der Waals surface area contributed by atoms with Gasteiger partial charge in [0.2, 0.25) is 5.91 Å². The Kier molecular flexibility index (Phi) is 5.49. The number of carbonyl (C=O) groups is 3. The summed E-state index contributed by atoms with van der Waals surface area (Å²) >= 11 is 0. The molecule has 0 heterocycles. The molecule has 3 N–H and O–H groups in total. The SMILES string of the molecule is CC(C)(C)[C@H](C=O)NC(=O)CCNC(=O)O. The Labute approximate surface area is 94.4 Å². The summed E-state index contributed by atoms with van der Waals surface area (Å²) in [4.78, 5) is 32.2. The van der Waals surface area contributed by atoms with Gasteiger partial charge in [-0.05, 0) is 5.41 Å². The molecule has 6 nitrogen and oxygen atoms in total. The lowest BCUT2D eigenvalue weighted by atomic mass is 9.87. The second-order valence-corrected chi connectivity index (χ2v) is 4.53. The highest BCUT2D eigenvalue weighted by Crippen LogP contribution is 2.17. The first-order chi connectivity index (χ1) is 7.27. The molecule has 92 valence electrons. The summed E-state index contributed by atoms with van der Waals surface area (Å²) in [6.07, 6.45) is -0.467. The number of nitrogens with one attached hydrogen (secondary N) is 2. The van der Waals surface area contributed by atoms with E-state index in [0.717, 1.165) is 0 Å². The first-order valence-corrected chi connectivity index (χ1v) is 4.99. The maximum atomic E-state index is 11.3. The van der Waals surface area contributed by atoms with Gasteiger partial charge in [0.05, 0.1) is 6.04 Å². The molecule has 0 saturated heterocycles. The Morgan fingerprint density at radius 1 is 1.38 bits per heavy atom. The van der Waals surface area contributed by atoms with Crippen LogP contribution >= 0.6 is 0 Å². The van der Waals surface area contributed by atoms with Crippen molar-refractivity contribution in [3.63, 3.8) is 0 Å². The Morgan fingerprint density at radius 2 is 1.94 bits per heavy atom. The van der Waals surface area contributed by atoms with Crippen LogP contribution in [0.1, 0.15) is 27.2 Å². The number of amides is 2. The normalized spacial score (nSPS) is 12.7. The average Bonchev–Trinajstić information content (AvgIpc) is 2.11. The molecule has 1 atom stereocenters. The van der Waals surface area contributed by atoms with Crippen LogP contribution in [-0.4, -0.2) is 36.0 Å². The summed E-state index contributed by atoms with van der Waals surface area (Å²) in [6.45, 7) is 5.54. The summed E-state index contributed by atoms with van der Waals surface area (Å²) in [6, 6.07) is -0.565. The Bertz CT molecular complexity index is 270. The quantitative estimate of drug-likeness (QED) is 0.595. The zero-order chi connectivity index (χ0) is 12.8. The van der Waals surface area contributed by atoms with Crippen molar-refractivity contribution in [2.45, 2.75) is 33.2 Å². The number of carboxylic acid groups (broad SMARTS) is 1. The van der Waals surface area contributed by atoms with Gasteiger partial charge >= 0.3 is 6.09 Å². The van der Waals surface area contributed by atoms with Crippen LogP contribution in [0.2, 0.25) is 0 Å². The van der Waals surface area contributed by atoms with Crippen molar-refractivity contribution in [3.8, 4) is 0 Å². The molecule has 0 unspecified atom stereocenters. The summed E-state index contributed by atoms with van der Waals surface area (Å²) in [7, 11) is 0. The lowest BCUT2D eigenvalue weighted by Gasteiger charge is -2.26. The Morgan fingerprint density at radius 3 is 2.31 bits per heavy atom. The maximum absolute atomic E-state index is 11.3. The van der Waals surface area contributed by atoms with Crippen molar-refractivity contribution in [1.29, 1.82) is 0 Å². The molecule has 0 aliphatic carbocycles. The van der Waals surface area contributed by atoms with Crippen LogP contribution in [0.25, 0.3) is 0 Å². The molecule has 0 aromatic heterocycles. The minimum atomic E-state index is -1.17. The van der Waals surface area contributed by atoms with E-state index in [1.54, 1.807) is 0 Å². The van der Waals surface area contributed by atoms with Gasteiger partial charge in [0.25, 0.3) is 0 Å². The van der Waals surface area contributed by atoms with Gasteiger partial charge in [0, 0.05) is 13.0 Å². The predicted molar refractivity (Wildman–Crippen MR) is 58.1 cm³/mol. The molecule has 6 heteroatoms. The molecule has 0 bridgehead atoms. The summed E-state index contributed by atoms with van der Waals surface area (Å²) < 4.78 is 0. The molecule has 0 aromatic carbocycles. The first kappa shape index (κ1) is 14.4. The molecule has 0 saturated carbocycles. The molecule has 0 rings (SSSR count). The van der Waals surface area contributed by atoms with Crippen molar-refractivity contribution in [2.24, 2.45) is 5.41 Å². The van der Waals surface area contributed by atoms with Crippen molar-refractivity contribution in [1.82, 2.24) is 10.6 Å². The van der Waals surface area contributed by atoms with Gasteiger partial charge in [0.1, 0.15) is 6.29 Å². The third-order valence-electron chi connectivity index (χ3n) is 2.01. The van der Waals surface area contributed by atoms with Crippen molar-refractivity contribution >= 4 is 18.3 Å². The summed E-state index contributed by atoms with van der Waals surface area (Å²) in [5, 5.41) is 12.9. The second-order valence-electron chi connectivity index (χ2n) is 4.53. The molecule has 0 aromatic rings. The van der Waals surface area contributed by atoms with Crippen LogP contribution in [-0.2, 0) is 9.59 Å². The minimum absolute atomic E-state index is 0.0206. The highest BCUT2D eigenvalue weighted by molar-refractivity contribution is 5.80. The van der Waals surface area contributed by atoms with E-state index < -0.39 is 12.1 Å². The van der Waals surface area contributed by atoms with Crippen LogP contribution in [0.4, 0.5) is 4.79 Å². The van der Waals surface area contributed by atoms with Crippen molar-refractivity contribution in [2.75, 3.05) is 6.54 Å². The molecule has 0 aliphatic rings. The van der Waals surface area contributed by atoms with Crippen molar-refractivity contribution in [3.05, 3.63) is 0 Å². The van der Waals surface area contributed by atoms with Crippen molar-refractivity contribution < 1.29 is 19.5 Å². The molecule has 2 amide bonds. The highest BCUT2D eigenvalue weighted by Gasteiger charge is 2.25. The largest absolute Gasteiger partial charge is 0.465 e. The first-order valence-electron chi connectivity index (χ1n) is 4.99. The molecule has 0 fully saturated rings. The van der Waals surface area contributed by atoms with E-state index in [1.165, 1.54) is 0 Å². The van der Waals surface area contributed by atoms with Gasteiger partial charge in [-0.3, -0.25) is 4.79 Å². The number of hydrogen-bond acceptors (Lipinski definition) is 3. The fourth-order valence-corrected chi connectivity index (χ4v) is 0.983. The smallest absolute Gasteiger partial charge is 0.404 e. The number of aldehydes is 1. The fourth-order valence-electron chi connectivity index (χ4n) is 0.983. The molecular weight excluding hydrogens is 212 g/mol. The summed E-state index contributed by atoms with van der Waals surface area (Å²) in [5.41, 5.74) is -0.350. The molecule has 0 aliphatic heterocycles. The molecule has 16 heavy (non-hydrogen) atoms. The van der Waals surface area contributed by atoms with E-state index in [2.05, 4.69) is 10.6 Å². The van der Waals surface area contributed by atoms with E-state index in [0.29, 0.717) is 6.29 Å². The van der Waals surface area contributed by atoms with Gasteiger partial charge in [-0.2, -0.15) is 0 Å². The van der Waals surface area contributed by atoms with E-state index in [-0.39, 0.29) is 24.3 Å². The third-order valence-corrected chi connectivity index (χ3v) is 2.01. The number of rotatable bonds is 5. The van der Waals surface area contributed by atoms with Crippen LogP contribution in [0.3, 0.4) is 0 Å². The third kappa shape index (κ3) is 6.00. The van der Waals surface area contributed by atoms with Crippen LogP contribution in [0.5, 0.6) is 0 Å². The monoisotopic (exact) mass is 230 g/mol. The van der Waals surface area contributed by atoms with E-state index in [1.807, 2.05) is 20.8 Å². The zero-order valence-corrected chi connectivity index (χ0v) is 9.74. The van der Waals surface area contributed by atoms with E-state index in [9.17, 15) is 14.4 Å². The standard InChI is InChI=1S/C10H18N2O4/c1-10(2,3)7(6-13)12-8(14)4-5-11-9(15)16/h6-7,11H,4-5H2,1-3H3,(H,12,14)(H,15,16)/t7-/m0/s1. The highest BCUT2D eigenvalue weighted by atomic mass is 16.4. The number of hydrogen-bond donors (Lipinski definition) is 3. The topological polar surface area (TPSA) is 95.5 Å². The molecule has 0 spiro atoms. The average molecular weight is 230 g/mol. The Hall–Kier alpha value is -1.59. The maximum Gasteiger partial charge on any atom is 0.404 e. The lowest BCUT2D eigenvalue weighted by molar-refractivity contribution is -0.125. The second kappa shape index (κ2) is 6.09. The minimum Gasteiger partial charge on any atom is -0.465 e. The van der Waals surface area contributed by atoms with Gasteiger partial charge in [-0.15, -0.1) is 0 Å². The van der Waals surface area contributed by atoms with Gasteiger partial charge < -0.3 is 20.5 Å². The van der Waals surface area contributed by atoms with Gasteiger partial charge in [-0.1, -0.05) is 20.8 Å². The van der Waals surface area contributed by atoms with Crippen LogP contribution in [0.15, 0.2) is 0 Å². The van der Waals surface area contributed by atoms with E-state index >= 15 is 0 Å². The van der Waals surface area contributed by atoms with Crippen LogP contribution < -0.4 is 10.6 Å². The fraction of sp³-hybridized carbons (Fsp3) is 0.700. The predicted octanol–water partition coefficient (Wildman–Crippen LogP) is 0.374. The van der Waals surface area contributed by atoms with Gasteiger partial charge in [-0.25, -0.2) is 4.79 Å². The number of carbonyl (C=O) groups excluding carboxylic acids is 2. The zero-order valence-electron chi connectivity index (χ0n) is 9.74. The lowest BCUT2D eigenvalue weighted by Crippen LogP contribution is -2.45. The molecule has 0 radical (unpaired) electrons.